The van der Waals surface area contributed by atoms with Crippen molar-refractivity contribution in [2.45, 2.75) is 19.9 Å². The van der Waals surface area contributed by atoms with Crippen molar-refractivity contribution in [3.8, 4) is 11.5 Å². The quantitative estimate of drug-likeness (QED) is 0.499. The Morgan fingerprint density at radius 2 is 2.04 bits per heavy atom. The summed E-state index contributed by atoms with van der Waals surface area (Å²) in [4.78, 5) is 21.2. The van der Waals surface area contributed by atoms with Gasteiger partial charge < -0.3 is 4.57 Å². The van der Waals surface area contributed by atoms with Crippen LogP contribution in [0, 0.1) is 0 Å². The van der Waals surface area contributed by atoms with E-state index >= 15 is 0 Å². The van der Waals surface area contributed by atoms with Gasteiger partial charge in [-0.2, -0.15) is 0 Å². The minimum atomic E-state index is -0.430. The molecular weight excluding hydrogens is 398 g/mol. The van der Waals surface area contributed by atoms with Gasteiger partial charge in [-0.25, -0.2) is 14.8 Å². The molecule has 0 bridgehead atoms. The van der Waals surface area contributed by atoms with Crippen LogP contribution in [0.15, 0.2) is 42.7 Å². The molecule has 0 saturated heterocycles. The van der Waals surface area contributed by atoms with Crippen molar-refractivity contribution in [3.05, 3.63) is 47.7 Å². The van der Waals surface area contributed by atoms with Crippen LogP contribution in [0.2, 0.25) is 5.02 Å². The maximum Gasteiger partial charge on any atom is 0.326 e. The highest BCUT2D eigenvalue weighted by molar-refractivity contribution is 7.22. The third kappa shape index (κ3) is 3.80. The molecule has 0 unspecified atom stereocenters. The van der Waals surface area contributed by atoms with Crippen molar-refractivity contribution >= 4 is 50.1 Å². The first-order valence-corrected chi connectivity index (χ1v) is 9.70. The Morgan fingerprint density at radius 3 is 2.86 bits per heavy atom. The predicted octanol–water partition coefficient (Wildman–Crippen LogP) is 4.83. The van der Waals surface area contributed by atoms with Crippen molar-refractivity contribution in [2.75, 3.05) is 10.6 Å². The zero-order valence-electron chi connectivity index (χ0n) is 15.0. The molecule has 0 fully saturated rings. The average Bonchev–Trinajstić information content (AvgIpc) is 3.28. The summed E-state index contributed by atoms with van der Waals surface area (Å²) in [5.41, 5.74) is 1.40. The second-order valence-electron chi connectivity index (χ2n) is 6.27. The fourth-order valence-electron chi connectivity index (χ4n) is 2.63. The van der Waals surface area contributed by atoms with Gasteiger partial charge in [0.1, 0.15) is 17.8 Å². The number of hydrogen-bond donors (Lipinski definition) is 2. The SMILES string of the molecule is CC(C)n1cnnc1-c1cccc(NC(=O)Nc2nc3ccc(Cl)cc3s2)n1. The molecule has 4 aromatic rings. The van der Waals surface area contributed by atoms with Gasteiger partial charge in [-0.3, -0.25) is 10.6 Å². The van der Waals surface area contributed by atoms with Crippen LogP contribution in [0.1, 0.15) is 19.9 Å². The lowest BCUT2D eigenvalue weighted by Crippen LogP contribution is -2.20. The summed E-state index contributed by atoms with van der Waals surface area (Å²) in [7, 11) is 0. The second-order valence-corrected chi connectivity index (χ2v) is 7.74. The minimum absolute atomic E-state index is 0.194. The first kappa shape index (κ1) is 18.3. The van der Waals surface area contributed by atoms with Gasteiger partial charge >= 0.3 is 6.03 Å². The Bertz CT molecular complexity index is 1150. The van der Waals surface area contributed by atoms with Crippen LogP contribution in [0.5, 0.6) is 0 Å². The maximum absolute atomic E-state index is 12.3. The van der Waals surface area contributed by atoms with Gasteiger partial charge in [-0.15, -0.1) is 10.2 Å². The van der Waals surface area contributed by atoms with Gasteiger partial charge in [0.2, 0.25) is 0 Å². The van der Waals surface area contributed by atoms with E-state index in [1.54, 1.807) is 24.5 Å². The molecule has 0 aliphatic carbocycles. The van der Waals surface area contributed by atoms with Gasteiger partial charge in [0.05, 0.1) is 10.2 Å². The van der Waals surface area contributed by atoms with Crippen LogP contribution in [0.3, 0.4) is 0 Å². The van der Waals surface area contributed by atoms with Crippen LogP contribution in [0.25, 0.3) is 21.7 Å². The van der Waals surface area contributed by atoms with Crippen molar-refractivity contribution in [2.24, 2.45) is 0 Å². The molecule has 142 valence electrons. The largest absolute Gasteiger partial charge is 0.326 e. The van der Waals surface area contributed by atoms with Crippen molar-refractivity contribution in [1.29, 1.82) is 0 Å². The molecule has 3 aromatic heterocycles. The number of halogens is 1. The molecule has 0 saturated carbocycles. The van der Waals surface area contributed by atoms with Gasteiger partial charge in [0.25, 0.3) is 0 Å². The average molecular weight is 414 g/mol. The van der Waals surface area contributed by atoms with Gasteiger partial charge in [-0.1, -0.05) is 29.0 Å². The highest BCUT2D eigenvalue weighted by Crippen LogP contribution is 2.28. The van der Waals surface area contributed by atoms with E-state index in [1.807, 2.05) is 36.6 Å². The summed E-state index contributed by atoms with van der Waals surface area (Å²) in [6, 6.07) is 10.5. The third-order valence-electron chi connectivity index (χ3n) is 3.92. The Labute approximate surface area is 169 Å². The third-order valence-corrected chi connectivity index (χ3v) is 5.09. The first-order chi connectivity index (χ1) is 13.5. The molecule has 0 spiro atoms. The fourth-order valence-corrected chi connectivity index (χ4v) is 3.77. The number of urea groups is 1. The molecule has 0 aliphatic rings. The number of pyridine rings is 1. The monoisotopic (exact) mass is 413 g/mol. The summed E-state index contributed by atoms with van der Waals surface area (Å²) in [5.74, 6) is 1.04. The number of anilines is 2. The zero-order valence-corrected chi connectivity index (χ0v) is 16.6. The zero-order chi connectivity index (χ0) is 19.7. The molecule has 2 N–H and O–H groups in total. The number of benzene rings is 1. The molecule has 10 heteroatoms. The Balaban J connectivity index is 1.50. The first-order valence-electron chi connectivity index (χ1n) is 8.50. The number of aromatic nitrogens is 5. The van der Waals surface area contributed by atoms with Crippen LogP contribution in [0.4, 0.5) is 15.7 Å². The van der Waals surface area contributed by atoms with E-state index in [4.69, 9.17) is 11.6 Å². The standard InChI is InChI=1S/C18H16ClN7OS/c1-10(2)26-9-20-25-16(26)13-4-3-5-15(21-13)23-17(27)24-18-22-12-7-6-11(19)8-14(12)28-18/h3-10H,1-2H3,(H2,21,22,23,24,27). The lowest BCUT2D eigenvalue weighted by atomic mass is 10.3. The number of nitrogens with one attached hydrogen (secondary N) is 2. The highest BCUT2D eigenvalue weighted by atomic mass is 35.5. The van der Waals surface area contributed by atoms with Crippen LogP contribution >= 0.6 is 22.9 Å². The highest BCUT2D eigenvalue weighted by Gasteiger charge is 2.13. The van der Waals surface area contributed by atoms with E-state index in [1.165, 1.54) is 11.3 Å². The van der Waals surface area contributed by atoms with E-state index in [-0.39, 0.29) is 6.04 Å². The molecule has 2 amide bonds. The van der Waals surface area contributed by atoms with Crippen LogP contribution in [-0.4, -0.2) is 30.8 Å². The summed E-state index contributed by atoms with van der Waals surface area (Å²) in [5, 5.41) is 14.6. The van der Waals surface area contributed by atoms with E-state index in [0.717, 1.165) is 10.2 Å². The maximum atomic E-state index is 12.3. The number of rotatable bonds is 4. The lowest BCUT2D eigenvalue weighted by Gasteiger charge is -2.10. The topological polar surface area (TPSA) is 97.6 Å². The number of nitrogens with zero attached hydrogens (tertiary/aromatic N) is 5. The Morgan fingerprint density at radius 1 is 1.18 bits per heavy atom. The molecule has 4 rings (SSSR count). The van der Waals surface area contributed by atoms with Gasteiger partial charge in [0, 0.05) is 11.1 Å². The normalized spacial score (nSPS) is 11.1. The number of amides is 2. The molecule has 0 aliphatic heterocycles. The molecular formula is C18H16ClN7OS. The summed E-state index contributed by atoms with van der Waals surface area (Å²) in [6.07, 6.45) is 1.66. The Hall–Kier alpha value is -3.04. The second kappa shape index (κ2) is 7.53. The van der Waals surface area contributed by atoms with Crippen molar-refractivity contribution in [3.63, 3.8) is 0 Å². The molecule has 8 nitrogen and oxygen atoms in total. The van der Waals surface area contributed by atoms with Gasteiger partial charge in [-0.05, 0) is 44.2 Å². The van der Waals surface area contributed by atoms with E-state index in [9.17, 15) is 4.79 Å². The molecule has 0 atom stereocenters. The number of fused-ring (bicyclic) bond motifs is 1. The number of thiazole rings is 1. The van der Waals surface area contributed by atoms with Crippen LogP contribution < -0.4 is 10.6 Å². The lowest BCUT2D eigenvalue weighted by molar-refractivity contribution is 0.262. The smallest absolute Gasteiger partial charge is 0.310 e. The summed E-state index contributed by atoms with van der Waals surface area (Å²) < 4.78 is 2.81. The number of carbonyl (C=O) groups excluding carboxylic acids is 1. The minimum Gasteiger partial charge on any atom is -0.310 e. The molecule has 28 heavy (non-hydrogen) atoms. The fraction of sp³-hybridized carbons (Fsp3) is 0.167. The number of hydrogen-bond acceptors (Lipinski definition) is 6. The van der Waals surface area contributed by atoms with E-state index in [2.05, 4.69) is 30.8 Å². The van der Waals surface area contributed by atoms with Gasteiger partial charge in [0.15, 0.2) is 11.0 Å². The summed E-state index contributed by atoms with van der Waals surface area (Å²) >= 11 is 7.34. The summed E-state index contributed by atoms with van der Waals surface area (Å²) in [6.45, 7) is 4.07. The molecule has 0 radical (unpaired) electrons. The molecule has 1 aromatic carbocycles. The van der Waals surface area contributed by atoms with E-state index in [0.29, 0.717) is 27.5 Å². The Kier molecular flexibility index (Phi) is 4.93. The number of carbonyl (C=O) groups is 1. The predicted molar refractivity (Wildman–Crippen MR) is 111 cm³/mol. The molecule has 3 heterocycles. The van der Waals surface area contributed by atoms with Crippen LogP contribution in [-0.2, 0) is 0 Å². The van der Waals surface area contributed by atoms with Crippen molar-refractivity contribution < 1.29 is 4.79 Å². The van der Waals surface area contributed by atoms with E-state index < -0.39 is 6.03 Å². The van der Waals surface area contributed by atoms with Crippen molar-refractivity contribution in [1.82, 2.24) is 24.7 Å².